The van der Waals surface area contributed by atoms with Crippen LogP contribution in [-0.4, -0.2) is 16.9 Å². The van der Waals surface area contributed by atoms with Gasteiger partial charge in [0.25, 0.3) is 11.8 Å². The molecule has 0 atom stereocenters. The molecule has 126 valence electrons. The number of fused-ring (bicyclic) bond motifs is 5. The molecule has 0 bridgehead atoms. The van der Waals surface area contributed by atoms with Crippen molar-refractivity contribution in [3.8, 4) is 16.9 Å². The summed E-state index contributed by atoms with van der Waals surface area (Å²) in [6, 6.07) is 14.2. The molecule has 26 heavy (non-hydrogen) atoms. The van der Waals surface area contributed by atoms with E-state index < -0.39 is 11.8 Å². The minimum atomic E-state index is -0.429. The van der Waals surface area contributed by atoms with Gasteiger partial charge in [-0.2, -0.15) is 0 Å². The number of carbonyl (C=O) groups is 2. The Labute approximate surface area is 156 Å². The topological polar surface area (TPSA) is 66.4 Å². The number of nitrogens with one attached hydrogen (secondary N) is 1. The molecular weight excluding hydrogens is 370 g/mol. The predicted molar refractivity (Wildman–Crippen MR) is 103 cm³/mol. The van der Waals surface area contributed by atoms with E-state index in [2.05, 4.69) is 5.32 Å². The van der Waals surface area contributed by atoms with Gasteiger partial charge in [0.2, 0.25) is 0 Å². The van der Waals surface area contributed by atoms with Crippen LogP contribution in [0.3, 0.4) is 0 Å². The molecule has 3 aromatic carbocycles. The highest BCUT2D eigenvalue weighted by atomic mass is 35.5. The van der Waals surface area contributed by atoms with Gasteiger partial charge in [-0.15, -0.1) is 11.3 Å². The summed E-state index contributed by atoms with van der Waals surface area (Å²) in [4.78, 5) is 25.1. The molecule has 0 spiro atoms. The summed E-state index contributed by atoms with van der Waals surface area (Å²) in [6.07, 6.45) is 0. The Morgan fingerprint density at radius 3 is 2.46 bits per heavy atom. The average molecular weight is 380 g/mol. The van der Waals surface area contributed by atoms with Crippen molar-refractivity contribution < 1.29 is 14.7 Å². The Morgan fingerprint density at radius 2 is 1.65 bits per heavy atom. The van der Waals surface area contributed by atoms with Crippen LogP contribution in [0.4, 0.5) is 0 Å². The second kappa shape index (κ2) is 5.30. The number of aromatic hydroxyl groups is 1. The number of phenols is 1. The lowest BCUT2D eigenvalue weighted by Gasteiger charge is -2.09. The first kappa shape index (κ1) is 15.4. The van der Waals surface area contributed by atoms with Crippen molar-refractivity contribution in [2.75, 3.05) is 0 Å². The van der Waals surface area contributed by atoms with E-state index >= 15 is 0 Å². The largest absolute Gasteiger partial charge is 0.508 e. The molecule has 0 saturated heterocycles. The molecule has 0 radical (unpaired) electrons. The summed E-state index contributed by atoms with van der Waals surface area (Å²) in [7, 11) is 0. The Morgan fingerprint density at radius 1 is 0.885 bits per heavy atom. The van der Waals surface area contributed by atoms with Crippen molar-refractivity contribution in [3.63, 3.8) is 0 Å². The van der Waals surface area contributed by atoms with Gasteiger partial charge < -0.3 is 5.11 Å². The fourth-order valence-corrected chi connectivity index (χ4v) is 4.88. The predicted octanol–water partition coefficient (Wildman–Crippen LogP) is 4.96. The lowest BCUT2D eigenvalue weighted by atomic mass is 9.93. The minimum Gasteiger partial charge on any atom is -0.508 e. The summed E-state index contributed by atoms with van der Waals surface area (Å²) in [5.74, 6) is -0.737. The van der Waals surface area contributed by atoms with Gasteiger partial charge in [0.05, 0.1) is 11.1 Å². The molecule has 0 fully saturated rings. The van der Waals surface area contributed by atoms with E-state index in [-0.39, 0.29) is 5.75 Å². The van der Waals surface area contributed by atoms with Crippen LogP contribution in [0.1, 0.15) is 20.7 Å². The van der Waals surface area contributed by atoms with Crippen LogP contribution in [0.2, 0.25) is 5.02 Å². The summed E-state index contributed by atoms with van der Waals surface area (Å²) in [5, 5.41) is 14.2. The van der Waals surface area contributed by atoms with Crippen molar-refractivity contribution in [2.45, 2.75) is 0 Å². The molecule has 2 amide bonds. The summed E-state index contributed by atoms with van der Waals surface area (Å²) in [6.45, 7) is 0. The SMILES string of the molecule is O=C1NC(=O)c2c1c(-c1ccccc1Cl)cc1sc3ccc(O)cc3c21. The van der Waals surface area contributed by atoms with E-state index in [0.717, 1.165) is 14.8 Å². The van der Waals surface area contributed by atoms with E-state index in [9.17, 15) is 14.7 Å². The van der Waals surface area contributed by atoms with E-state index in [1.54, 1.807) is 18.2 Å². The number of phenolic OH excluding ortho intramolecular Hbond substituents is 1. The molecule has 1 aliphatic rings. The zero-order chi connectivity index (χ0) is 18.0. The highest BCUT2D eigenvalue weighted by molar-refractivity contribution is 7.26. The molecule has 6 heteroatoms. The molecular formula is C20H10ClNO3S. The number of halogens is 1. The number of benzene rings is 3. The Kier molecular flexibility index (Phi) is 3.13. The average Bonchev–Trinajstić information content (AvgIpc) is 3.11. The molecule has 4 nitrogen and oxygen atoms in total. The van der Waals surface area contributed by atoms with Crippen molar-refractivity contribution in [3.05, 3.63) is 64.7 Å². The number of carbonyl (C=O) groups excluding carboxylic acids is 2. The highest BCUT2D eigenvalue weighted by Gasteiger charge is 2.34. The van der Waals surface area contributed by atoms with Crippen molar-refractivity contribution in [1.82, 2.24) is 5.32 Å². The smallest absolute Gasteiger partial charge is 0.259 e. The fraction of sp³-hybridized carbons (Fsp3) is 0. The van der Waals surface area contributed by atoms with E-state index in [1.165, 1.54) is 11.3 Å². The van der Waals surface area contributed by atoms with Gasteiger partial charge in [-0.05, 0) is 35.9 Å². The minimum absolute atomic E-state index is 0.117. The zero-order valence-electron chi connectivity index (χ0n) is 13.2. The van der Waals surface area contributed by atoms with Crippen LogP contribution >= 0.6 is 22.9 Å². The van der Waals surface area contributed by atoms with Crippen molar-refractivity contribution in [1.29, 1.82) is 0 Å². The first-order valence-electron chi connectivity index (χ1n) is 7.87. The zero-order valence-corrected chi connectivity index (χ0v) is 14.7. The first-order chi connectivity index (χ1) is 12.5. The molecule has 2 N–H and O–H groups in total. The quantitative estimate of drug-likeness (QED) is 0.459. The van der Waals surface area contributed by atoms with Gasteiger partial charge in [0.1, 0.15) is 5.75 Å². The number of rotatable bonds is 1. The molecule has 0 saturated carbocycles. The first-order valence-corrected chi connectivity index (χ1v) is 9.07. The van der Waals surface area contributed by atoms with Crippen LogP contribution in [0.25, 0.3) is 31.3 Å². The molecule has 0 unspecified atom stereocenters. The molecule has 5 rings (SSSR count). The third kappa shape index (κ3) is 2.01. The second-order valence-corrected chi connectivity index (χ2v) is 7.58. The Hall–Kier alpha value is -2.89. The lowest BCUT2D eigenvalue weighted by Crippen LogP contribution is -2.20. The molecule has 2 heterocycles. The number of amides is 2. The van der Waals surface area contributed by atoms with Crippen molar-refractivity contribution in [2.24, 2.45) is 0 Å². The maximum atomic E-state index is 12.6. The Balaban J connectivity index is 2.00. The highest BCUT2D eigenvalue weighted by Crippen LogP contribution is 2.44. The lowest BCUT2D eigenvalue weighted by molar-refractivity contribution is 0.0880. The van der Waals surface area contributed by atoms with Crippen LogP contribution in [0, 0.1) is 0 Å². The number of hydrogen-bond acceptors (Lipinski definition) is 4. The molecule has 1 aliphatic heterocycles. The fourth-order valence-electron chi connectivity index (χ4n) is 3.51. The Bertz CT molecular complexity index is 1280. The van der Waals surface area contributed by atoms with Crippen LogP contribution in [-0.2, 0) is 0 Å². The summed E-state index contributed by atoms with van der Waals surface area (Å²) in [5.41, 5.74) is 2.02. The maximum Gasteiger partial charge on any atom is 0.259 e. The van der Waals surface area contributed by atoms with Gasteiger partial charge in [0.15, 0.2) is 0 Å². The van der Waals surface area contributed by atoms with E-state index in [4.69, 9.17) is 11.6 Å². The third-order valence-electron chi connectivity index (χ3n) is 4.59. The standard InChI is InChI=1S/C20H10ClNO3S/c21-13-4-2-1-3-10(13)11-8-15-16(18-17(11)19(24)22-20(18)25)12-7-9(23)5-6-14(12)26-15/h1-8,23H,(H,22,24,25). The molecule has 4 aromatic rings. The van der Waals surface area contributed by atoms with Crippen LogP contribution in [0.5, 0.6) is 5.75 Å². The van der Waals surface area contributed by atoms with Crippen molar-refractivity contribution >= 4 is 54.9 Å². The van der Waals surface area contributed by atoms with E-state index in [1.807, 2.05) is 30.3 Å². The van der Waals surface area contributed by atoms with Crippen LogP contribution < -0.4 is 5.32 Å². The monoisotopic (exact) mass is 379 g/mol. The van der Waals surface area contributed by atoms with Gasteiger partial charge in [-0.1, -0.05) is 29.8 Å². The number of thiophene rings is 1. The summed E-state index contributed by atoms with van der Waals surface area (Å²) < 4.78 is 1.80. The second-order valence-electron chi connectivity index (χ2n) is 6.09. The normalized spacial score (nSPS) is 13.4. The van der Waals surface area contributed by atoms with E-state index in [0.29, 0.717) is 32.7 Å². The van der Waals surface area contributed by atoms with Gasteiger partial charge in [-0.25, -0.2) is 0 Å². The third-order valence-corrected chi connectivity index (χ3v) is 6.04. The van der Waals surface area contributed by atoms with Gasteiger partial charge in [-0.3, -0.25) is 14.9 Å². The van der Waals surface area contributed by atoms with Crippen LogP contribution in [0.15, 0.2) is 48.5 Å². The number of imide groups is 1. The summed E-state index contributed by atoms with van der Waals surface area (Å²) >= 11 is 7.86. The van der Waals surface area contributed by atoms with Gasteiger partial charge in [0, 0.05) is 30.8 Å². The maximum absolute atomic E-state index is 12.6. The van der Waals surface area contributed by atoms with Gasteiger partial charge >= 0.3 is 0 Å². The number of hydrogen-bond donors (Lipinski definition) is 2. The molecule has 0 aliphatic carbocycles. The molecule has 1 aromatic heterocycles.